The summed E-state index contributed by atoms with van der Waals surface area (Å²) in [4.78, 5) is 23.0. The van der Waals surface area contributed by atoms with Gasteiger partial charge in [0.15, 0.2) is 0 Å². The first kappa shape index (κ1) is 27.2. The van der Waals surface area contributed by atoms with Gasteiger partial charge in [-0.15, -0.1) is 0 Å². The van der Waals surface area contributed by atoms with Crippen LogP contribution in [-0.2, 0) is 14.3 Å². The van der Waals surface area contributed by atoms with E-state index in [0.29, 0.717) is 35.2 Å². The molecular formula is C32H48O4. The molecular weight excluding hydrogens is 448 g/mol. The minimum absolute atomic E-state index is 0.00586. The molecule has 0 amide bonds. The number of allylic oxidation sites excluding steroid dienone is 4. The molecule has 4 nitrogen and oxygen atoms in total. The zero-order valence-electron chi connectivity index (χ0n) is 23.7. The quantitative estimate of drug-likeness (QED) is 0.232. The standard InChI is InChI=1S/C32H48O4/c1-19(10-9-11-20(2)29(34)35)23-14-16-32(8)24-12-13-26-30(5,6)27(36-22(4)33)15-17-31(26,7)25(24)18-21(3)28(23)32/h11-12,19,23,25-28H,3,9-10,13-18H2,1-2,4-8H3,(H,34,35)/b20-11-/t19-,23?,25?,26?,27-,28?,31?,32+/m1/s1. The highest BCUT2D eigenvalue weighted by Gasteiger charge is 2.62. The summed E-state index contributed by atoms with van der Waals surface area (Å²) < 4.78 is 5.83. The number of rotatable bonds is 6. The molecule has 3 saturated carbocycles. The van der Waals surface area contributed by atoms with Crippen molar-refractivity contribution in [2.45, 2.75) is 106 Å². The summed E-state index contributed by atoms with van der Waals surface area (Å²) in [5.74, 6) is 1.72. The Hall–Kier alpha value is -1.84. The zero-order valence-corrected chi connectivity index (χ0v) is 23.7. The first-order valence-electron chi connectivity index (χ1n) is 14.2. The van der Waals surface area contributed by atoms with Crippen LogP contribution in [0.4, 0.5) is 0 Å². The van der Waals surface area contributed by atoms with Crippen molar-refractivity contribution in [1.29, 1.82) is 0 Å². The van der Waals surface area contributed by atoms with Crippen LogP contribution in [0.2, 0.25) is 0 Å². The number of ether oxygens (including phenoxy) is 1. The van der Waals surface area contributed by atoms with Gasteiger partial charge >= 0.3 is 11.9 Å². The lowest BCUT2D eigenvalue weighted by atomic mass is 9.42. The maximum absolute atomic E-state index is 11.8. The highest BCUT2D eigenvalue weighted by Crippen LogP contribution is 2.70. The fourth-order valence-corrected chi connectivity index (χ4v) is 9.39. The summed E-state index contributed by atoms with van der Waals surface area (Å²) >= 11 is 0. The van der Waals surface area contributed by atoms with Crippen molar-refractivity contribution < 1.29 is 19.4 Å². The SMILES string of the molecule is C=C1CC2C(=CCC3C2(C)CC[C@@H](OC(C)=O)C3(C)C)[C@]2(C)CCC([C@H](C)CC/C=C(/C)C(=O)O)C12. The number of carboxylic acids is 1. The van der Waals surface area contributed by atoms with Gasteiger partial charge < -0.3 is 9.84 Å². The molecule has 36 heavy (non-hydrogen) atoms. The lowest BCUT2D eigenvalue weighted by Crippen LogP contribution is -2.57. The van der Waals surface area contributed by atoms with E-state index in [4.69, 9.17) is 11.3 Å². The van der Waals surface area contributed by atoms with E-state index in [-0.39, 0.29) is 28.3 Å². The summed E-state index contributed by atoms with van der Waals surface area (Å²) in [5.41, 5.74) is 3.91. The molecule has 0 spiro atoms. The van der Waals surface area contributed by atoms with Crippen LogP contribution in [0.3, 0.4) is 0 Å². The molecule has 0 saturated heterocycles. The third kappa shape index (κ3) is 4.31. The van der Waals surface area contributed by atoms with E-state index in [9.17, 15) is 14.7 Å². The van der Waals surface area contributed by atoms with E-state index >= 15 is 0 Å². The van der Waals surface area contributed by atoms with Gasteiger partial charge in [0.1, 0.15) is 6.10 Å². The molecule has 0 aromatic carbocycles. The average molecular weight is 497 g/mol. The Morgan fingerprint density at radius 2 is 1.89 bits per heavy atom. The third-order valence-electron chi connectivity index (χ3n) is 11.3. The molecule has 200 valence electrons. The fraction of sp³-hybridized carbons (Fsp3) is 0.750. The Kier molecular flexibility index (Phi) is 7.16. The zero-order chi connectivity index (χ0) is 26.6. The first-order chi connectivity index (χ1) is 16.7. The molecule has 0 heterocycles. The number of carbonyl (C=O) groups is 2. The minimum Gasteiger partial charge on any atom is -0.478 e. The summed E-state index contributed by atoms with van der Waals surface area (Å²) in [6, 6.07) is 0. The number of aliphatic carboxylic acids is 1. The van der Waals surface area contributed by atoms with Crippen LogP contribution < -0.4 is 0 Å². The largest absolute Gasteiger partial charge is 0.478 e. The molecule has 8 atom stereocenters. The minimum atomic E-state index is -0.816. The molecule has 1 N–H and O–H groups in total. The van der Waals surface area contributed by atoms with Crippen molar-refractivity contribution in [3.8, 4) is 0 Å². The van der Waals surface area contributed by atoms with Crippen LogP contribution in [0.1, 0.15) is 99.8 Å². The number of hydrogen-bond acceptors (Lipinski definition) is 3. The highest BCUT2D eigenvalue weighted by atomic mass is 16.5. The van der Waals surface area contributed by atoms with E-state index in [1.165, 1.54) is 25.3 Å². The van der Waals surface area contributed by atoms with E-state index in [1.807, 2.05) is 6.08 Å². The second-order valence-electron chi connectivity index (χ2n) is 13.7. The molecule has 0 aromatic rings. The van der Waals surface area contributed by atoms with Crippen molar-refractivity contribution >= 4 is 11.9 Å². The van der Waals surface area contributed by atoms with Crippen molar-refractivity contribution in [3.63, 3.8) is 0 Å². The first-order valence-corrected chi connectivity index (χ1v) is 14.2. The van der Waals surface area contributed by atoms with Gasteiger partial charge in [-0.2, -0.15) is 0 Å². The molecule has 4 aliphatic carbocycles. The predicted octanol–water partition coefficient (Wildman–Crippen LogP) is 7.75. The third-order valence-corrected chi connectivity index (χ3v) is 11.3. The Morgan fingerprint density at radius 1 is 1.19 bits per heavy atom. The van der Waals surface area contributed by atoms with Crippen molar-refractivity contribution in [3.05, 3.63) is 35.5 Å². The molecule has 5 unspecified atom stereocenters. The van der Waals surface area contributed by atoms with Crippen LogP contribution >= 0.6 is 0 Å². The smallest absolute Gasteiger partial charge is 0.330 e. The van der Waals surface area contributed by atoms with E-state index in [0.717, 1.165) is 38.5 Å². The maximum Gasteiger partial charge on any atom is 0.330 e. The second-order valence-corrected chi connectivity index (χ2v) is 13.7. The average Bonchev–Trinajstić information content (AvgIpc) is 3.15. The van der Waals surface area contributed by atoms with Gasteiger partial charge in [0.05, 0.1) is 0 Å². The van der Waals surface area contributed by atoms with Gasteiger partial charge in [-0.3, -0.25) is 4.79 Å². The molecule has 4 aliphatic rings. The van der Waals surface area contributed by atoms with Crippen LogP contribution in [0.5, 0.6) is 0 Å². The number of esters is 1. The van der Waals surface area contributed by atoms with Gasteiger partial charge in [-0.05, 0) is 98.7 Å². The summed E-state index contributed by atoms with van der Waals surface area (Å²) in [7, 11) is 0. The second kappa shape index (κ2) is 9.48. The van der Waals surface area contributed by atoms with Crippen molar-refractivity contribution in [2.24, 2.45) is 45.8 Å². The maximum atomic E-state index is 11.8. The van der Waals surface area contributed by atoms with Gasteiger partial charge in [-0.1, -0.05) is 64.5 Å². The highest BCUT2D eigenvalue weighted by molar-refractivity contribution is 5.85. The van der Waals surface area contributed by atoms with E-state index in [1.54, 1.807) is 12.5 Å². The topological polar surface area (TPSA) is 63.6 Å². The molecule has 0 radical (unpaired) electrons. The Bertz CT molecular complexity index is 986. The monoisotopic (exact) mass is 496 g/mol. The van der Waals surface area contributed by atoms with Crippen LogP contribution in [0.15, 0.2) is 35.5 Å². The van der Waals surface area contributed by atoms with E-state index < -0.39 is 5.97 Å². The molecule has 0 bridgehead atoms. The molecule has 4 heteroatoms. The molecule has 4 rings (SSSR count). The number of carbonyl (C=O) groups excluding carboxylic acids is 1. The van der Waals surface area contributed by atoms with Crippen molar-refractivity contribution in [2.75, 3.05) is 0 Å². The van der Waals surface area contributed by atoms with Gasteiger partial charge in [0.2, 0.25) is 0 Å². The predicted molar refractivity (Wildman–Crippen MR) is 144 cm³/mol. The number of hydrogen-bond donors (Lipinski definition) is 1. The molecule has 3 fully saturated rings. The fourth-order valence-electron chi connectivity index (χ4n) is 9.39. The van der Waals surface area contributed by atoms with Crippen LogP contribution in [0.25, 0.3) is 0 Å². The van der Waals surface area contributed by atoms with E-state index in [2.05, 4.69) is 40.7 Å². The summed E-state index contributed by atoms with van der Waals surface area (Å²) in [5, 5.41) is 9.17. The van der Waals surface area contributed by atoms with Crippen molar-refractivity contribution in [1.82, 2.24) is 0 Å². The summed E-state index contributed by atoms with van der Waals surface area (Å²) in [6.07, 6.45) is 13.0. The Balaban J connectivity index is 1.58. The lowest BCUT2D eigenvalue weighted by molar-refractivity contribution is -0.172. The normalized spacial score (nSPS) is 40.4. The molecule has 0 aromatic heterocycles. The van der Waals surface area contributed by atoms with Gasteiger partial charge in [0.25, 0.3) is 0 Å². The Labute approximate surface area is 218 Å². The van der Waals surface area contributed by atoms with Crippen LogP contribution in [-0.4, -0.2) is 23.1 Å². The van der Waals surface area contributed by atoms with Crippen LogP contribution in [0, 0.1) is 45.8 Å². The lowest BCUT2D eigenvalue weighted by Gasteiger charge is -2.63. The number of fused-ring (bicyclic) bond motifs is 5. The number of carboxylic acid groups (broad SMARTS) is 1. The van der Waals surface area contributed by atoms with Gasteiger partial charge in [-0.25, -0.2) is 4.79 Å². The van der Waals surface area contributed by atoms with Gasteiger partial charge in [0, 0.05) is 17.9 Å². The molecule has 0 aliphatic heterocycles. The summed E-state index contributed by atoms with van der Waals surface area (Å²) in [6.45, 7) is 20.0. The Morgan fingerprint density at radius 3 is 2.53 bits per heavy atom.